The van der Waals surface area contributed by atoms with Crippen molar-refractivity contribution < 1.29 is 24.6 Å². The topological polar surface area (TPSA) is 91.3 Å². The number of benzene rings is 1. The minimum Gasteiger partial charge on any atom is -0.394 e. The van der Waals surface area contributed by atoms with E-state index in [2.05, 4.69) is 5.32 Å². The van der Waals surface area contributed by atoms with Gasteiger partial charge in [-0.25, -0.2) is 0 Å². The number of hydrogen-bond donors (Lipinski definition) is 3. The first-order valence-electron chi connectivity index (χ1n) is 9.66. The lowest BCUT2D eigenvalue weighted by atomic mass is 9.68. The van der Waals surface area contributed by atoms with E-state index in [-0.39, 0.29) is 36.5 Å². The third-order valence-electron chi connectivity index (χ3n) is 7.56. The zero-order valence-corrected chi connectivity index (χ0v) is 15.6. The first kappa shape index (κ1) is 17.6. The van der Waals surface area contributed by atoms with Gasteiger partial charge in [0.15, 0.2) is 0 Å². The number of carbonyl (C=O) groups is 1. The quantitative estimate of drug-likeness (QED) is 0.707. The van der Waals surface area contributed by atoms with Crippen molar-refractivity contribution in [1.29, 1.82) is 0 Å². The van der Waals surface area contributed by atoms with E-state index in [0.717, 1.165) is 11.3 Å². The smallest absolute Gasteiger partial charge is 0.264 e. The van der Waals surface area contributed by atoms with Gasteiger partial charge in [0.05, 0.1) is 43.8 Å². The molecular weight excluding hydrogens is 348 g/mol. The minimum absolute atomic E-state index is 0.0157. The van der Waals surface area contributed by atoms with Crippen molar-refractivity contribution in [3.05, 3.63) is 29.8 Å². The summed E-state index contributed by atoms with van der Waals surface area (Å²) in [5.74, 6) is 0.138. The number of nitrogens with one attached hydrogen (secondary N) is 1. The average molecular weight is 374 g/mol. The number of rotatable bonds is 3. The Morgan fingerprint density at radius 3 is 2.93 bits per heavy atom. The minimum atomic E-state index is -0.798. The molecule has 0 radical (unpaired) electrons. The summed E-state index contributed by atoms with van der Waals surface area (Å²) in [7, 11) is 1.51. The van der Waals surface area contributed by atoms with Gasteiger partial charge in [0, 0.05) is 12.0 Å². The Kier molecular flexibility index (Phi) is 3.74. The summed E-state index contributed by atoms with van der Waals surface area (Å²) < 4.78 is 6.25. The molecule has 1 amide bonds. The molecule has 4 aliphatic heterocycles. The first-order valence-corrected chi connectivity index (χ1v) is 9.66. The Balaban J connectivity index is 1.64. The summed E-state index contributed by atoms with van der Waals surface area (Å²) >= 11 is 0. The number of hydrogen-bond acceptors (Lipinski definition) is 6. The van der Waals surface area contributed by atoms with Gasteiger partial charge >= 0.3 is 0 Å². The first-order chi connectivity index (χ1) is 13.0. The number of ether oxygens (including phenoxy) is 1. The van der Waals surface area contributed by atoms with Gasteiger partial charge in [0.2, 0.25) is 0 Å². The highest BCUT2D eigenvalue weighted by molar-refractivity contribution is 6.07. The molecule has 4 heterocycles. The maximum Gasteiger partial charge on any atom is 0.264 e. The predicted octanol–water partition coefficient (Wildman–Crippen LogP) is 0.341. The zero-order valence-electron chi connectivity index (χ0n) is 15.6. The Morgan fingerprint density at radius 2 is 2.22 bits per heavy atom. The number of fused-ring (bicyclic) bond motifs is 2. The van der Waals surface area contributed by atoms with Gasteiger partial charge in [0.1, 0.15) is 5.41 Å². The van der Waals surface area contributed by atoms with Gasteiger partial charge in [-0.15, -0.1) is 0 Å². The van der Waals surface area contributed by atoms with Crippen LogP contribution >= 0.6 is 0 Å². The molecule has 7 atom stereocenters. The molecule has 3 saturated heterocycles. The average Bonchev–Trinajstić information content (AvgIpc) is 3.00. The van der Waals surface area contributed by atoms with E-state index < -0.39 is 17.1 Å². The number of hydroxylamine groups is 1. The lowest BCUT2D eigenvalue weighted by Gasteiger charge is -2.46. The Bertz CT molecular complexity index is 785. The van der Waals surface area contributed by atoms with E-state index in [4.69, 9.17) is 9.57 Å². The molecule has 0 aromatic heterocycles. The molecule has 1 spiro atoms. The molecule has 27 heavy (non-hydrogen) atoms. The van der Waals surface area contributed by atoms with Crippen LogP contribution in [0.3, 0.4) is 0 Å². The lowest BCUT2D eigenvalue weighted by molar-refractivity contribution is -0.141. The number of para-hydroxylation sites is 1. The number of nitrogens with zero attached hydrogens (tertiary/aromatic N) is 1. The summed E-state index contributed by atoms with van der Waals surface area (Å²) in [6.07, 6.45) is 0.208. The summed E-state index contributed by atoms with van der Waals surface area (Å²) in [5, 5.41) is 25.5. The maximum absolute atomic E-state index is 13.5. The molecule has 4 fully saturated rings. The fraction of sp³-hybridized carbons (Fsp3) is 0.650. The van der Waals surface area contributed by atoms with E-state index in [1.807, 2.05) is 24.3 Å². The normalized spacial score (nSPS) is 43.3. The van der Waals surface area contributed by atoms with Crippen molar-refractivity contribution in [3.63, 3.8) is 0 Å². The Hall–Kier alpha value is -1.51. The standard InChI is InChI=1S/C20H26N2O5/c1-11(24)20(10-23)14-7-17-19(8-15(21-20)12(14)9-27-17)13-5-3-4-6-16(13)22(26-2)18(19)25/h3-6,11-12,14-15,17,21,23-24H,7-10H2,1-2H3/t11-,12+,14-,15+,17-,19+,20-/m1/s1. The Labute approximate surface area is 158 Å². The van der Waals surface area contributed by atoms with Gasteiger partial charge in [0.25, 0.3) is 5.91 Å². The van der Waals surface area contributed by atoms with E-state index in [9.17, 15) is 15.0 Å². The number of carbonyl (C=O) groups excluding carboxylic acids is 1. The molecule has 5 aliphatic rings. The molecule has 7 heteroatoms. The van der Waals surface area contributed by atoms with Crippen molar-refractivity contribution in [2.24, 2.45) is 11.8 Å². The van der Waals surface area contributed by atoms with Crippen LogP contribution in [0.2, 0.25) is 0 Å². The van der Waals surface area contributed by atoms with Crippen LogP contribution in [0.15, 0.2) is 24.3 Å². The van der Waals surface area contributed by atoms with Crippen molar-refractivity contribution >= 4 is 11.6 Å². The highest BCUT2D eigenvalue weighted by Crippen LogP contribution is 2.58. The number of aliphatic hydroxyl groups is 2. The van der Waals surface area contributed by atoms with Crippen LogP contribution in [0, 0.1) is 11.8 Å². The molecule has 146 valence electrons. The summed E-state index contributed by atoms with van der Waals surface area (Å²) in [5.41, 5.74) is 0.192. The zero-order chi connectivity index (χ0) is 19.0. The van der Waals surface area contributed by atoms with E-state index in [1.165, 1.54) is 12.2 Å². The lowest BCUT2D eigenvalue weighted by Crippen LogP contribution is -2.62. The van der Waals surface area contributed by atoms with Gasteiger partial charge in [-0.05, 0) is 37.3 Å². The van der Waals surface area contributed by atoms with Crippen LogP contribution in [0.5, 0.6) is 0 Å². The third-order valence-corrected chi connectivity index (χ3v) is 7.56. The van der Waals surface area contributed by atoms with Crippen LogP contribution in [0.25, 0.3) is 0 Å². The molecule has 3 N–H and O–H groups in total. The Morgan fingerprint density at radius 1 is 1.44 bits per heavy atom. The van der Waals surface area contributed by atoms with Crippen LogP contribution in [0.1, 0.15) is 25.3 Å². The maximum atomic E-state index is 13.5. The highest BCUT2D eigenvalue weighted by Gasteiger charge is 2.68. The molecule has 6 rings (SSSR count). The van der Waals surface area contributed by atoms with Gasteiger partial charge in [-0.2, -0.15) is 5.06 Å². The summed E-state index contributed by atoms with van der Waals surface area (Å²) in [6.45, 7) is 2.13. The van der Waals surface area contributed by atoms with Crippen molar-refractivity contribution in [2.45, 2.75) is 49.0 Å². The van der Waals surface area contributed by atoms with Crippen LogP contribution in [-0.2, 0) is 19.8 Å². The predicted molar refractivity (Wildman–Crippen MR) is 97.0 cm³/mol. The van der Waals surface area contributed by atoms with Crippen molar-refractivity contribution in [3.8, 4) is 0 Å². The molecule has 7 nitrogen and oxygen atoms in total. The molecule has 1 aliphatic carbocycles. The largest absolute Gasteiger partial charge is 0.394 e. The summed E-state index contributed by atoms with van der Waals surface area (Å²) in [4.78, 5) is 19.0. The monoisotopic (exact) mass is 374 g/mol. The van der Waals surface area contributed by atoms with E-state index in [1.54, 1.807) is 6.92 Å². The third kappa shape index (κ3) is 1.96. The molecule has 1 saturated carbocycles. The number of aliphatic hydroxyl groups excluding tert-OH is 2. The van der Waals surface area contributed by atoms with Crippen molar-refractivity contribution in [2.75, 3.05) is 25.4 Å². The SMILES string of the molecule is CON1C(=O)[C@@]2(C[C@@H]3N[C@](CO)([C@@H](C)O)[C@@H]4C[C@H]2OC[C@H]34)c2ccccc21. The second-order valence-corrected chi connectivity index (χ2v) is 8.43. The molecular formula is C20H26N2O5. The molecule has 4 bridgehead atoms. The second-order valence-electron chi connectivity index (χ2n) is 8.43. The fourth-order valence-corrected chi connectivity index (χ4v) is 6.24. The van der Waals surface area contributed by atoms with Crippen LogP contribution < -0.4 is 10.4 Å². The van der Waals surface area contributed by atoms with Crippen LogP contribution in [0.4, 0.5) is 5.69 Å². The second kappa shape index (κ2) is 5.75. The van der Waals surface area contributed by atoms with Gasteiger partial charge < -0.3 is 20.3 Å². The number of anilines is 1. The molecule has 1 aromatic carbocycles. The summed E-state index contributed by atoms with van der Waals surface area (Å²) in [6, 6.07) is 7.74. The van der Waals surface area contributed by atoms with Gasteiger partial charge in [-0.3, -0.25) is 9.63 Å². The number of amides is 1. The van der Waals surface area contributed by atoms with Gasteiger partial charge in [-0.1, -0.05) is 18.2 Å². The fourth-order valence-electron chi connectivity index (χ4n) is 6.24. The van der Waals surface area contributed by atoms with Crippen molar-refractivity contribution in [1.82, 2.24) is 5.32 Å². The highest BCUT2D eigenvalue weighted by atomic mass is 16.7. The molecule has 1 aromatic rings. The van der Waals surface area contributed by atoms with Crippen LogP contribution in [-0.4, -0.2) is 60.2 Å². The molecule has 0 unspecified atom stereocenters. The van der Waals surface area contributed by atoms with E-state index >= 15 is 0 Å². The van der Waals surface area contributed by atoms with E-state index in [0.29, 0.717) is 19.4 Å².